The van der Waals surface area contributed by atoms with E-state index in [4.69, 9.17) is 16.8 Å². The van der Waals surface area contributed by atoms with Crippen molar-refractivity contribution >= 4 is 27.2 Å². The van der Waals surface area contributed by atoms with Crippen molar-refractivity contribution in [1.82, 2.24) is 0 Å². The molecule has 0 aromatic heterocycles. The van der Waals surface area contributed by atoms with E-state index < -0.39 is 10.1 Å². The number of thiocarbonyl (C=S) groups is 1. The highest BCUT2D eigenvalue weighted by molar-refractivity contribution is 7.86. The fourth-order valence-electron chi connectivity index (χ4n) is 0.420. The van der Waals surface area contributed by atoms with Crippen molar-refractivity contribution in [2.24, 2.45) is 0 Å². The lowest BCUT2D eigenvalue weighted by molar-refractivity contribution is 0.483. The molecule has 0 radical (unpaired) electrons. The second-order valence-electron chi connectivity index (χ2n) is 1.93. The minimum Gasteiger partial charge on any atom is -0.286 e. The maximum absolute atomic E-state index is 10.1. The molecule has 60 valence electrons. The molecule has 0 aromatic carbocycles. The molecule has 0 aliphatic heterocycles. The highest BCUT2D eigenvalue weighted by Crippen LogP contribution is 1.95. The summed E-state index contributed by atoms with van der Waals surface area (Å²) >= 11 is 4.75. The van der Waals surface area contributed by atoms with Gasteiger partial charge in [0.05, 0.1) is 5.75 Å². The van der Waals surface area contributed by atoms with Crippen molar-refractivity contribution in [1.29, 1.82) is 0 Å². The van der Waals surface area contributed by atoms with Gasteiger partial charge in [0, 0.05) is 0 Å². The van der Waals surface area contributed by atoms with Crippen LogP contribution in [0.3, 0.4) is 0 Å². The van der Waals surface area contributed by atoms with Gasteiger partial charge in [-0.1, -0.05) is 19.1 Å². The second-order valence-corrected chi connectivity index (χ2v) is 4.08. The van der Waals surface area contributed by atoms with Gasteiger partial charge in [0.25, 0.3) is 10.1 Å². The maximum Gasteiger partial charge on any atom is 0.265 e. The first-order chi connectivity index (χ1) is 4.45. The summed E-state index contributed by atoms with van der Waals surface area (Å²) in [6, 6.07) is 0. The third kappa shape index (κ3) is 6.12. The quantitative estimate of drug-likeness (QED) is 0.521. The second kappa shape index (κ2) is 4.00. The molecule has 0 saturated heterocycles. The third-order valence-electron chi connectivity index (χ3n) is 1.03. The average Bonchev–Trinajstić information content (AvgIpc) is 1.81. The number of hydrogen-bond acceptors (Lipinski definition) is 3. The molecule has 0 aromatic rings. The van der Waals surface area contributed by atoms with Gasteiger partial charge < -0.3 is 0 Å². The Morgan fingerprint density at radius 3 is 2.40 bits per heavy atom. The van der Waals surface area contributed by atoms with Crippen LogP contribution in [-0.2, 0) is 10.1 Å². The molecule has 0 aliphatic carbocycles. The Bertz CT molecular complexity index is 205. The fourth-order valence-corrected chi connectivity index (χ4v) is 1.16. The smallest absolute Gasteiger partial charge is 0.265 e. The van der Waals surface area contributed by atoms with E-state index in [1.807, 2.05) is 6.92 Å². The first-order valence-electron chi connectivity index (χ1n) is 2.92. The van der Waals surface area contributed by atoms with E-state index in [2.05, 4.69) is 0 Å². The van der Waals surface area contributed by atoms with Crippen LogP contribution in [0.15, 0.2) is 0 Å². The van der Waals surface area contributed by atoms with Crippen LogP contribution in [0.2, 0.25) is 0 Å². The minimum atomic E-state index is -3.82. The van der Waals surface area contributed by atoms with Crippen LogP contribution in [0, 0.1) is 0 Å². The minimum absolute atomic E-state index is 0.250. The Hall–Kier alpha value is -0.0000000000000000763. The largest absolute Gasteiger partial charge is 0.286 e. The predicted molar refractivity (Wildman–Crippen MR) is 43.9 cm³/mol. The lowest BCUT2D eigenvalue weighted by atomic mass is 10.3. The summed E-state index contributed by atoms with van der Waals surface area (Å²) in [6.07, 6.45) is 0.968. The molecule has 0 aliphatic rings. The Balaban J connectivity index is 3.67. The maximum atomic E-state index is 10.1. The fraction of sp³-hybridized carbons (Fsp3) is 0.800. The van der Waals surface area contributed by atoms with E-state index in [0.717, 1.165) is 0 Å². The first-order valence-corrected chi connectivity index (χ1v) is 4.94. The summed E-state index contributed by atoms with van der Waals surface area (Å²) in [6.45, 7) is 1.85. The van der Waals surface area contributed by atoms with Gasteiger partial charge in [0.2, 0.25) is 0 Å². The molecule has 0 amide bonds. The summed E-state index contributed by atoms with van der Waals surface area (Å²) in [5.41, 5.74) is 0. The van der Waals surface area contributed by atoms with Crippen molar-refractivity contribution in [3.63, 3.8) is 0 Å². The van der Waals surface area contributed by atoms with E-state index >= 15 is 0 Å². The molecule has 0 atom stereocenters. The molecular formula is C5H10O3S2. The molecule has 0 rings (SSSR count). The van der Waals surface area contributed by atoms with E-state index in [-0.39, 0.29) is 12.2 Å². The summed E-state index contributed by atoms with van der Waals surface area (Å²) in [5, 5.41) is 0. The summed E-state index contributed by atoms with van der Waals surface area (Å²) < 4.78 is 28.6. The molecule has 0 saturated carbocycles. The number of hydrogen-bond donors (Lipinski definition) is 1. The first kappa shape index (κ1) is 10.0. The summed E-state index contributed by atoms with van der Waals surface area (Å²) in [5.74, 6) is -0.250. The molecule has 5 heteroatoms. The molecule has 1 N–H and O–H groups in total. The van der Waals surface area contributed by atoms with Crippen molar-refractivity contribution in [2.45, 2.75) is 19.8 Å². The van der Waals surface area contributed by atoms with Crippen LogP contribution in [0.1, 0.15) is 19.8 Å². The molecule has 0 fully saturated rings. The topological polar surface area (TPSA) is 54.4 Å². The van der Waals surface area contributed by atoms with Gasteiger partial charge in [0.1, 0.15) is 0 Å². The Morgan fingerprint density at radius 1 is 1.60 bits per heavy atom. The monoisotopic (exact) mass is 182 g/mol. The zero-order chi connectivity index (χ0) is 8.20. The van der Waals surface area contributed by atoms with Crippen LogP contribution in [0.25, 0.3) is 0 Å². The Morgan fingerprint density at radius 2 is 2.10 bits per heavy atom. The molecular weight excluding hydrogens is 172 g/mol. The van der Waals surface area contributed by atoms with Gasteiger partial charge in [-0.2, -0.15) is 8.42 Å². The lowest BCUT2D eigenvalue weighted by Crippen LogP contribution is -2.07. The van der Waals surface area contributed by atoms with E-state index in [1.54, 1.807) is 0 Å². The summed E-state index contributed by atoms with van der Waals surface area (Å²) in [7, 11) is -3.82. The Kier molecular flexibility index (Phi) is 4.00. The number of rotatable bonds is 4. The molecule has 10 heavy (non-hydrogen) atoms. The van der Waals surface area contributed by atoms with Gasteiger partial charge in [-0.25, -0.2) is 0 Å². The van der Waals surface area contributed by atoms with Crippen LogP contribution >= 0.6 is 12.2 Å². The van der Waals surface area contributed by atoms with Gasteiger partial charge in [0.15, 0.2) is 0 Å². The van der Waals surface area contributed by atoms with Crippen molar-refractivity contribution in [3.05, 3.63) is 0 Å². The van der Waals surface area contributed by atoms with E-state index in [1.165, 1.54) is 0 Å². The third-order valence-corrected chi connectivity index (χ3v) is 2.25. The van der Waals surface area contributed by atoms with Crippen LogP contribution < -0.4 is 0 Å². The van der Waals surface area contributed by atoms with Gasteiger partial charge >= 0.3 is 0 Å². The molecule has 0 heterocycles. The molecule has 0 bridgehead atoms. The molecule has 0 unspecified atom stereocenters. The SMILES string of the molecule is CCC(=S)CCS(=O)(=O)O. The van der Waals surface area contributed by atoms with Crippen molar-refractivity contribution in [2.75, 3.05) is 5.75 Å². The van der Waals surface area contributed by atoms with Gasteiger partial charge in [-0.15, -0.1) is 0 Å². The summed E-state index contributed by atoms with van der Waals surface area (Å²) in [4.78, 5) is 0.678. The zero-order valence-electron chi connectivity index (χ0n) is 5.70. The lowest BCUT2D eigenvalue weighted by Gasteiger charge is -1.96. The van der Waals surface area contributed by atoms with Crippen LogP contribution in [-0.4, -0.2) is 23.6 Å². The van der Waals surface area contributed by atoms with Gasteiger partial charge in [-0.3, -0.25) is 4.55 Å². The predicted octanol–water partition coefficient (Wildman–Crippen LogP) is 1.04. The zero-order valence-corrected chi connectivity index (χ0v) is 7.33. The van der Waals surface area contributed by atoms with Gasteiger partial charge in [-0.05, 0) is 17.7 Å². The molecule has 3 nitrogen and oxygen atoms in total. The van der Waals surface area contributed by atoms with E-state index in [0.29, 0.717) is 11.3 Å². The van der Waals surface area contributed by atoms with E-state index in [9.17, 15) is 8.42 Å². The Labute approximate surface area is 66.2 Å². The average molecular weight is 182 g/mol. The highest BCUT2D eigenvalue weighted by Gasteiger charge is 2.04. The van der Waals surface area contributed by atoms with Crippen molar-refractivity contribution < 1.29 is 13.0 Å². The normalized spacial score (nSPS) is 11.4. The molecule has 0 spiro atoms. The highest BCUT2D eigenvalue weighted by atomic mass is 32.2. The van der Waals surface area contributed by atoms with Crippen LogP contribution in [0.5, 0.6) is 0 Å². The standard InChI is InChI=1S/C5H10O3S2/c1-2-5(9)3-4-10(6,7)8/h2-4H2,1H3,(H,6,7,8). The van der Waals surface area contributed by atoms with Crippen LogP contribution in [0.4, 0.5) is 0 Å². The van der Waals surface area contributed by atoms with Crippen molar-refractivity contribution in [3.8, 4) is 0 Å².